The average Bonchev–Trinajstić information content (AvgIpc) is 2.26. The van der Waals surface area contributed by atoms with Crippen molar-refractivity contribution in [3.8, 4) is 5.75 Å². The zero-order valence-electron chi connectivity index (χ0n) is 8.44. The molecule has 0 saturated heterocycles. The quantitative estimate of drug-likeness (QED) is 0.744. The number of hydrogen-bond acceptors (Lipinski definition) is 3. The Labute approximate surface area is 84.5 Å². The molecule has 0 amide bonds. The minimum absolute atomic E-state index is 0.0383. The maximum Gasteiger partial charge on any atom is 0.120 e. The molecule has 3 N–H and O–H groups in total. The largest absolute Gasteiger partial charge is 0.489 e. The van der Waals surface area contributed by atoms with E-state index >= 15 is 0 Å². The Hall–Kier alpha value is -1.06. The molecule has 1 unspecified atom stereocenters. The van der Waals surface area contributed by atoms with Gasteiger partial charge < -0.3 is 15.6 Å². The molecular formula is C11H17NO2. The Morgan fingerprint density at radius 2 is 2.29 bits per heavy atom. The Bertz CT molecular complexity index is 272. The van der Waals surface area contributed by atoms with Gasteiger partial charge in [0.25, 0.3) is 0 Å². The standard InChI is InChI=1S/C11H17NO2/c1-2-10(7-12)14-11-5-3-4-9(6-11)8-13/h3-6,10,13H,2,7-8,12H2,1H3. The minimum Gasteiger partial charge on any atom is -0.489 e. The third kappa shape index (κ3) is 3.01. The molecule has 1 aromatic carbocycles. The molecule has 0 fully saturated rings. The second kappa shape index (κ2) is 5.62. The molecule has 0 radical (unpaired) electrons. The third-order valence-electron chi connectivity index (χ3n) is 2.10. The third-order valence-corrected chi connectivity index (χ3v) is 2.10. The van der Waals surface area contributed by atoms with Crippen molar-refractivity contribution in [1.82, 2.24) is 0 Å². The first kappa shape index (κ1) is 11.0. The fourth-order valence-corrected chi connectivity index (χ4v) is 1.21. The van der Waals surface area contributed by atoms with Crippen LogP contribution in [0.15, 0.2) is 24.3 Å². The number of nitrogens with two attached hydrogens (primary N) is 1. The normalized spacial score (nSPS) is 12.5. The number of hydrogen-bond donors (Lipinski definition) is 2. The number of rotatable bonds is 5. The summed E-state index contributed by atoms with van der Waals surface area (Å²) in [6.45, 7) is 2.59. The zero-order chi connectivity index (χ0) is 10.4. The van der Waals surface area contributed by atoms with Gasteiger partial charge in [-0.05, 0) is 24.1 Å². The molecular weight excluding hydrogens is 178 g/mol. The second-order valence-corrected chi connectivity index (χ2v) is 3.19. The van der Waals surface area contributed by atoms with Crippen LogP contribution < -0.4 is 10.5 Å². The van der Waals surface area contributed by atoms with Gasteiger partial charge in [-0.25, -0.2) is 0 Å². The zero-order valence-corrected chi connectivity index (χ0v) is 8.44. The van der Waals surface area contributed by atoms with Crippen LogP contribution in [-0.2, 0) is 6.61 Å². The lowest BCUT2D eigenvalue weighted by atomic mass is 10.2. The van der Waals surface area contributed by atoms with Crippen molar-refractivity contribution in [3.63, 3.8) is 0 Å². The van der Waals surface area contributed by atoms with Crippen LogP contribution >= 0.6 is 0 Å². The lowest BCUT2D eigenvalue weighted by Gasteiger charge is -2.15. The van der Waals surface area contributed by atoms with E-state index in [0.29, 0.717) is 6.54 Å². The lowest BCUT2D eigenvalue weighted by Crippen LogP contribution is -2.25. The predicted molar refractivity (Wildman–Crippen MR) is 56.1 cm³/mol. The summed E-state index contributed by atoms with van der Waals surface area (Å²) in [6, 6.07) is 7.43. The number of ether oxygens (including phenoxy) is 1. The molecule has 0 aromatic heterocycles. The van der Waals surface area contributed by atoms with Crippen molar-refractivity contribution >= 4 is 0 Å². The van der Waals surface area contributed by atoms with E-state index in [0.717, 1.165) is 17.7 Å². The maximum atomic E-state index is 8.93. The molecule has 0 aliphatic heterocycles. The van der Waals surface area contributed by atoms with Crippen LogP contribution in [0.3, 0.4) is 0 Å². The number of benzene rings is 1. The van der Waals surface area contributed by atoms with Gasteiger partial charge >= 0.3 is 0 Å². The molecule has 0 saturated carbocycles. The summed E-state index contributed by atoms with van der Waals surface area (Å²) < 4.78 is 5.62. The second-order valence-electron chi connectivity index (χ2n) is 3.19. The van der Waals surface area contributed by atoms with Gasteiger partial charge in [-0.15, -0.1) is 0 Å². The van der Waals surface area contributed by atoms with Gasteiger partial charge in [-0.3, -0.25) is 0 Å². The minimum atomic E-state index is 0.0383. The topological polar surface area (TPSA) is 55.5 Å². The van der Waals surface area contributed by atoms with Crippen LogP contribution in [0.5, 0.6) is 5.75 Å². The van der Waals surface area contributed by atoms with Gasteiger partial charge in [-0.1, -0.05) is 19.1 Å². The average molecular weight is 195 g/mol. The summed E-state index contributed by atoms with van der Waals surface area (Å²) >= 11 is 0. The number of aliphatic hydroxyl groups excluding tert-OH is 1. The Balaban J connectivity index is 2.65. The van der Waals surface area contributed by atoms with E-state index in [-0.39, 0.29) is 12.7 Å². The van der Waals surface area contributed by atoms with Crippen LogP contribution in [0.4, 0.5) is 0 Å². The van der Waals surface area contributed by atoms with Crippen LogP contribution in [0, 0.1) is 0 Å². The van der Waals surface area contributed by atoms with Crippen molar-refractivity contribution < 1.29 is 9.84 Å². The maximum absolute atomic E-state index is 8.93. The van der Waals surface area contributed by atoms with Crippen molar-refractivity contribution in [2.24, 2.45) is 5.73 Å². The summed E-state index contributed by atoms with van der Waals surface area (Å²) in [6.07, 6.45) is 0.948. The molecule has 0 bridgehead atoms. The van der Waals surface area contributed by atoms with E-state index in [9.17, 15) is 0 Å². The van der Waals surface area contributed by atoms with E-state index in [4.69, 9.17) is 15.6 Å². The molecule has 0 heterocycles. The first-order chi connectivity index (χ1) is 6.80. The summed E-state index contributed by atoms with van der Waals surface area (Å²) in [4.78, 5) is 0. The monoisotopic (exact) mass is 195 g/mol. The van der Waals surface area contributed by atoms with Gasteiger partial charge in [0.1, 0.15) is 11.9 Å². The van der Waals surface area contributed by atoms with Crippen LogP contribution in [0.2, 0.25) is 0 Å². The van der Waals surface area contributed by atoms with E-state index in [1.54, 1.807) is 0 Å². The molecule has 3 nitrogen and oxygen atoms in total. The molecule has 1 atom stereocenters. The molecule has 0 aliphatic rings. The molecule has 1 rings (SSSR count). The Morgan fingerprint density at radius 1 is 1.50 bits per heavy atom. The van der Waals surface area contributed by atoms with Crippen LogP contribution in [0.25, 0.3) is 0 Å². The van der Waals surface area contributed by atoms with Crippen molar-refractivity contribution in [2.45, 2.75) is 26.1 Å². The van der Waals surface area contributed by atoms with E-state index in [2.05, 4.69) is 0 Å². The highest BCUT2D eigenvalue weighted by Gasteiger charge is 2.05. The molecule has 0 spiro atoms. The molecule has 0 aliphatic carbocycles. The van der Waals surface area contributed by atoms with E-state index in [1.807, 2.05) is 31.2 Å². The van der Waals surface area contributed by atoms with E-state index < -0.39 is 0 Å². The predicted octanol–water partition coefficient (Wildman–Crippen LogP) is 1.29. The smallest absolute Gasteiger partial charge is 0.120 e. The molecule has 14 heavy (non-hydrogen) atoms. The lowest BCUT2D eigenvalue weighted by molar-refractivity contribution is 0.204. The van der Waals surface area contributed by atoms with Crippen molar-refractivity contribution in [2.75, 3.05) is 6.54 Å². The van der Waals surface area contributed by atoms with Gasteiger partial charge in [0.2, 0.25) is 0 Å². The van der Waals surface area contributed by atoms with Crippen molar-refractivity contribution in [3.05, 3.63) is 29.8 Å². The fourth-order valence-electron chi connectivity index (χ4n) is 1.21. The number of aliphatic hydroxyl groups is 1. The van der Waals surface area contributed by atoms with Gasteiger partial charge in [-0.2, -0.15) is 0 Å². The van der Waals surface area contributed by atoms with E-state index in [1.165, 1.54) is 0 Å². The van der Waals surface area contributed by atoms with Gasteiger partial charge in [0.15, 0.2) is 0 Å². The fraction of sp³-hybridized carbons (Fsp3) is 0.455. The van der Waals surface area contributed by atoms with Gasteiger partial charge in [0, 0.05) is 6.54 Å². The highest BCUT2D eigenvalue weighted by atomic mass is 16.5. The Kier molecular flexibility index (Phi) is 4.43. The highest BCUT2D eigenvalue weighted by Crippen LogP contribution is 2.15. The summed E-state index contributed by atoms with van der Waals surface area (Å²) in [5.41, 5.74) is 6.38. The first-order valence-corrected chi connectivity index (χ1v) is 4.86. The van der Waals surface area contributed by atoms with Crippen molar-refractivity contribution in [1.29, 1.82) is 0 Å². The summed E-state index contributed by atoms with van der Waals surface area (Å²) in [7, 11) is 0. The Morgan fingerprint density at radius 3 is 2.86 bits per heavy atom. The van der Waals surface area contributed by atoms with Crippen LogP contribution in [0.1, 0.15) is 18.9 Å². The SMILES string of the molecule is CCC(CN)Oc1cccc(CO)c1. The molecule has 3 heteroatoms. The van der Waals surface area contributed by atoms with Crippen LogP contribution in [-0.4, -0.2) is 17.8 Å². The summed E-state index contributed by atoms with van der Waals surface area (Å²) in [5.74, 6) is 0.772. The summed E-state index contributed by atoms with van der Waals surface area (Å²) in [5, 5.41) is 8.93. The molecule has 1 aromatic rings. The molecule has 78 valence electrons. The first-order valence-electron chi connectivity index (χ1n) is 4.86. The highest BCUT2D eigenvalue weighted by molar-refractivity contribution is 5.28. The van der Waals surface area contributed by atoms with Gasteiger partial charge in [0.05, 0.1) is 6.61 Å².